The monoisotopic (exact) mass is 410 g/mol. The van der Waals surface area contributed by atoms with E-state index < -0.39 is 11.7 Å². The predicted molar refractivity (Wildman–Crippen MR) is 96.3 cm³/mol. The van der Waals surface area contributed by atoms with E-state index in [1.807, 2.05) is 20.8 Å². The Labute approximate surface area is 152 Å². The van der Waals surface area contributed by atoms with E-state index in [2.05, 4.69) is 26.0 Å². The molecule has 0 aliphatic carbocycles. The standard InChI is InChI=1S/C16H16BrClN4O2/c1-16(2,3)24-15(23)22-11-5-12(17)19-7-10(11)13(18)14(22)9-6-20-21(4)8-9/h5-8H,1-4H3. The van der Waals surface area contributed by atoms with Crippen molar-refractivity contribution in [3.63, 3.8) is 0 Å². The number of pyridine rings is 1. The summed E-state index contributed by atoms with van der Waals surface area (Å²) in [6.45, 7) is 5.46. The molecule has 24 heavy (non-hydrogen) atoms. The number of hydrogen-bond acceptors (Lipinski definition) is 4. The van der Waals surface area contributed by atoms with E-state index in [0.29, 0.717) is 26.2 Å². The summed E-state index contributed by atoms with van der Waals surface area (Å²) >= 11 is 9.89. The first-order valence-electron chi connectivity index (χ1n) is 7.25. The van der Waals surface area contributed by atoms with Crippen molar-refractivity contribution in [1.82, 2.24) is 19.3 Å². The molecule has 126 valence electrons. The molecule has 0 unspecified atom stereocenters. The number of rotatable bonds is 1. The van der Waals surface area contributed by atoms with Gasteiger partial charge in [0, 0.05) is 30.4 Å². The fourth-order valence-corrected chi connectivity index (χ4v) is 3.08. The van der Waals surface area contributed by atoms with Crippen molar-refractivity contribution < 1.29 is 9.53 Å². The van der Waals surface area contributed by atoms with Crippen LogP contribution in [-0.2, 0) is 11.8 Å². The molecular formula is C16H16BrClN4O2. The van der Waals surface area contributed by atoms with Crippen molar-refractivity contribution in [3.8, 4) is 11.3 Å². The van der Waals surface area contributed by atoms with Crippen LogP contribution in [0.1, 0.15) is 20.8 Å². The summed E-state index contributed by atoms with van der Waals surface area (Å²) < 4.78 is 9.27. The molecular weight excluding hydrogens is 396 g/mol. The molecule has 3 rings (SSSR count). The van der Waals surface area contributed by atoms with Gasteiger partial charge in [0.05, 0.1) is 22.4 Å². The first-order chi connectivity index (χ1) is 11.2. The lowest BCUT2D eigenvalue weighted by atomic mass is 10.2. The first kappa shape index (κ1) is 17.0. The van der Waals surface area contributed by atoms with Crippen LogP contribution in [0.3, 0.4) is 0 Å². The number of carbonyl (C=O) groups excluding carboxylic acids is 1. The van der Waals surface area contributed by atoms with Crippen molar-refractivity contribution in [2.24, 2.45) is 7.05 Å². The predicted octanol–water partition coefficient (Wildman–Crippen LogP) is 4.64. The molecule has 0 saturated carbocycles. The van der Waals surface area contributed by atoms with Gasteiger partial charge in [0.1, 0.15) is 10.2 Å². The maximum Gasteiger partial charge on any atom is 0.419 e. The smallest absolute Gasteiger partial charge is 0.419 e. The van der Waals surface area contributed by atoms with E-state index in [1.165, 1.54) is 4.57 Å². The molecule has 0 aromatic carbocycles. The maximum atomic E-state index is 12.8. The highest BCUT2D eigenvalue weighted by molar-refractivity contribution is 9.10. The number of hydrogen-bond donors (Lipinski definition) is 0. The second kappa shape index (κ2) is 5.89. The van der Waals surface area contributed by atoms with Crippen LogP contribution in [-0.4, -0.2) is 31.0 Å². The van der Waals surface area contributed by atoms with Crippen LogP contribution in [0.15, 0.2) is 29.3 Å². The van der Waals surface area contributed by atoms with Crippen molar-refractivity contribution in [3.05, 3.63) is 34.3 Å². The molecule has 3 heterocycles. The second-order valence-corrected chi connectivity index (χ2v) is 7.60. The average Bonchev–Trinajstić information content (AvgIpc) is 2.98. The Kier molecular flexibility index (Phi) is 4.17. The van der Waals surface area contributed by atoms with E-state index in [9.17, 15) is 4.79 Å². The highest BCUT2D eigenvalue weighted by atomic mass is 79.9. The van der Waals surface area contributed by atoms with Crippen LogP contribution in [0.2, 0.25) is 5.02 Å². The summed E-state index contributed by atoms with van der Waals surface area (Å²) in [5.41, 5.74) is 1.25. The van der Waals surface area contributed by atoms with Crippen molar-refractivity contribution >= 4 is 44.5 Å². The lowest BCUT2D eigenvalue weighted by molar-refractivity contribution is 0.0547. The number of carbonyl (C=O) groups is 1. The van der Waals surface area contributed by atoms with Gasteiger partial charge in [-0.3, -0.25) is 4.68 Å². The minimum atomic E-state index is -0.628. The third-order valence-corrected chi connectivity index (χ3v) is 4.13. The number of aromatic nitrogens is 4. The molecule has 0 spiro atoms. The summed E-state index contributed by atoms with van der Waals surface area (Å²) in [6.07, 6.45) is 4.58. The Bertz CT molecular complexity index is 940. The van der Waals surface area contributed by atoms with Crippen LogP contribution in [0.4, 0.5) is 4.79 Å². The van der Waals surface area contributed by atoms with Crippen LogP contribution < -0.4 is 0 Å². The third-order valence-electron chi connectivity index (χ3n) is 3.31. The Morgan fingerprint density at radius 2 is 2.04 bits per heavy atom. The maximum absolute atomic E-state index is 12.8. The first-order valence-corrected chi connectivity index (χ1v) is 8.42. The topological polar surface area (TPSA) is 61.9 Å². The average molecular weight is 412 g/mol. The molecule has 3 aromatic heterocycles. The molecule has 0 bridgehead atoms. The summed E-state index contributed by atoms with van der Waals surface area (Å²) in [5, 5.41) is 5.27. The Hall–Kier alpha value is -1.86. The molecule has 0 atom stereocenters. The minimum absolute atomic E-state index is 0.434. The minimum Gasteiger partial charge on any atom is -0.443 e. The molecule has 8 heteroatoms. The van der Waals surface area contributed by atoms with Gasteiger partial charge in [-0.15, -0.1) is 0 Å². The van der Waals surface area contributed by atoms with Gasteiger partial charge in [-0.2, -0.15) is 5.10 Å². The van der Waals surface area contributed by atoms with E-state index >= 15 is 0 Å². The Morgan fingerprint density at radius 1 is 1.33 bits per heavy atom. The second-order valence-electron chi connectivity index (χ2n) is 6.41. The molecule has 6 nitrogen and oxygen atoms in total. The third kappa shape index (κ3) is 3.06. The molecule has 0 saturated heterocycles. The Morgan fingerprint density at radius 3 is 2.62 bits per heavy atom. The van der Waals surface area contributed by atoms with E-state index in [-0.39, 0.29) is 0 Å². The van der Waals surface area contributed by atoms with Gasteiger partial charge in [0.2, 0.25) is 0 Å². The number of fused-ring (bicyclic) bond motifs is 1. The van der Waals surface area contributed by atoms with Crippen LogP contribution in [0.25, 0.3) is 22.2 Å². The number of ether oxygens (including phenoxy) is 1. The zero-order valence-electron chi connectivity index (χ0n) is 13.7. The van der Waals surface area contributed by atoms with E-state index in [4.69, 9.17) is 16.3 Å². The normalized spacial score (nSPS) is 11.9. The van der Waals surface area contributed by atoms with Crippen molar-refractivity contribution in [2.75, 3.05) is 0 Å². The summed E-state index contributed by atoms with van der Waals surface area (Å²) in [7, 11) is 1.80. The molecule has 0 radical (unpaired) electrons. The SMILES string of the molecule is Cn1cc(-c2c(Cl)c3cnc(Br)cc3n2C(=O)OC(C)(C)C)cn1. The number of halogens is 2. The number of nitrogens with zero attached hydrogens (tertiary/aromatic N) is 4. The van der Waals surface area contributed by atoms with E-state index in [0.717, 1.165) is 5.56 Å². The van der Waals surface area contributed by atoms with Crippen molar-refractivity contribution in [1.29, 1.82) is 0 Å². The van der Waals surface area contributed by atoms with E-state index in [1.54, 1.807) is 36.4 Å². The summed E-state index contributed by atoms with van der Waals surface area (Å²) in [6, 6.07) is 1.74. The fourth-order valence-electron chi connectivity index (χ4n) is 2.42. The largest absolute Gasteiger partial charge is 0.443 e. The fraction of sp³-hybridized carbons (Fsp3) is 0.312. The molecule has 0 amide bonds. The van der Waals surface area contributed by atoms with Gasteiger partial charge >= 0.3 is 6.09 Å². The zero-order valence-corrected chi connectivity index (χ0v) is 16.0. The summed E-state index contributed by atoms with van der Waals surface area (Å²) in [4.78, 5) is 17.0. The highest BCUT2D eigenvalue weighted by Crippen LogP contribution is 2.38. The van der Waals surface area contributed by atoms with Gasteiger partial charge in [0.25, 0.3) is 0 Å². The van der Waals surface area contributed by atoms with Gasteiger partial charge in [0.15, 0.2) is 0 Å². The van der Waals surface area contributed by atoms with Crippen LogP contribution in [0.5, 0.6) is 0 Å². The Balaban J connectivity index is 2.31. The molecule has 0 fully saturated rings. The quantitative estimate of drug-likeness (QED) is 0.547. The molecule has 0 aliphatic heterocycles. The highest BCUT2D eigenvalue weighted by Gasteiger charge is 2.26. The summed E-state index contributed by atoms with van der Waals surface area (Å²) in [5.74, 6) is 0. The zero-order chi connectivity index (χ0) is 17.6. The van der Waals surface area contributed by atoms with Gasteiger partial charge < -0.3 is 4.74 Å². The van der Waals surface area contributed by atoms with Gasteiger partial charge in [-0.25, -0.2) is 14.3 Å². The lowest BCUT2D eigenvalue weighted by Gasteiger charge is -2.20. The van der Waals surface area contributed by atoms with Crippen LogP contribution >= 0.6 is 27.5 Å². The van der Waals surface area contributed by atoms with Gasteiger partial charge in [-0.1, -0.05) is 11.6 Å². The lowest BCUT2D eigenvalue weighted by Crippen LogP contribution is -2.27. The van der Waals surface area contributed by atoms with Crippen LogP contribution in [0, 0.1) is 0 Å². The van der Waals surface area contributed by atoms with Gasteiger partial charge in [-0.05, 0) is 42.8 Å². The number of aryl methyl sites for hydroxylation is 1. The molecule has 0 N–H and O–H groups in total. The molecule has 0 aliphatic rings. The molecule has 3 aromatic rings. The van der Waals surface area contributed by atoms with Crippen molar-refractivity contribution in [2.45, 2.75) is 26.4 Å².